The highest BCUT2D eigenvalue weighted by Crippen LogP contribution is 2.34. The molecule has 4 heteroatoms. The second kappa shape index (κ2) is 7.40. The Bertz CT molecular complexity index is 949. The number of ether oxygens (including phenoxy) is 2. The van der Waals surface area contributed by atoms with Gasteiger partial charge in [0, 0.05) is 11.1 Å². The van der Waals surface area contributed by atoms with Crippen LogP contribution in [-0.2, 0) is 19.1 Å². The van der Waals surface area contributed by atoms with Gasteiger partial charge in [0.15, 0.2) is 6.61 Å². The van der Waals surface area contributed by atoms with Crippen LogP contribution in [0.15, 0.2) is 66.7 Å². The van der Waals surface area contributed by atoms with Crippen LogP contribution in [-0.4, -0.2) is 18.5 Å². The van der Waals surface area contributed by atoms with Crippen LogP contribution < -0.4 is 0 Å². The minimum Gasteiger partial charge on any atom is -0.455 e. The molecule has 26 heavy (non-hydrogen) atoms. The van der Waals surface area contributed by atoms with Crippen molar-refractivity contribution in [3.05, 3.63) is 72.3 Å². The standard InChI is InChI=1S/C22H20O4/c1-14(2)22(24)25-13-20(23)26-15(3)21-18-10-6-4-8-16(18)12-17-9-5-7-11-19(17)21/h4-12,15H,1,13H2,2-3H3. The SMILES string of the molecule is C=C(C)C(=O)OCC(=O)OC(C)c1c2ccccc2cc2ccccc12. The lowest BCUT2D eigenvalue weighted by molar-refractivity contribution is -0.160. The minimum absolute atomic E-state index is 0.242. The monoisotopic (exact) mass is 348 g/mol. The number of fused-ring (bicyclic) bond motifs is 2. The third kappa shape index (κ3) is 3.59. The van der Waals surface area contributed by atoms with Gasteiger partial charge < -0.3 is 9.47 Å². The Kier molecular flexibility index (Phi) is 5.03. The molecule has 0 amide bonds. The van der Waals surface area contributed by atoms with E-state index in [9.17, 15) is 9.59 Å². The first-order valence-electron chi connectivity index (χ1n) is 8.40. The van der Waals surface area contributed by atoms with Gasteiger partial charge in [0.25, 0.3) is 0 Å². The highest BCUT2D eigenvalue weighted by molar-refractivity contribution is 6.02. The predicted octanol–water partition coefficient (Wildman–Crippen LogP) is 4.72. The predicted molar refractivity (Wildman–Crippen MR) is 102 cm³/mol. The summed E-state index contributed by atoms with van der Waals surface area (Å²) < 4.78 is 10.4. The van der Waals surface area contributed by atoms with E-state index >= 15 is 0 Å². The van der Waals surface area contributed by atoms with E-state index < -0.39 is 24.6 Å². The molecule has 0 heterocycles. The van der Waals surface area contributed by atoms with Crippen LogP contribution in [0.25, 0.3) is 21.5 Å². The van der Waals surface area contributed by atoms with Crippen LogP contribution in [0.3, 0.4) is 0 Å². The van der Waals surface area contributed by atoms with Gasteiger partial charge in [-0.05, 0) is 41.5 Å². The molecule has 0 aliphatic heterocycles. The molecule has 0 aromatic heterocycles. The Hall–Kier alpha value is -3.14. The van der Waals surface area contributed by atoms with Crippen molar-refractivity contribution < 1.29 is 19.1 Å². The summed E-state index contributed by atoms with van der Waals surface area (Å²) in [7, 11) is 0. The summed E-state index contributed by atoms with van der Waals surface area (Å²) >= 11 is 0. The zero-order valence-electron chi connectivity index (χ0n) is 14.8. The van der Waals surface area contributed by atoms with Gasteiger partial charge in [-0.3, -0.25) is 0 Å². The molecule has 0 fully saturated rings. The largest absolute Gasteiger partial charge is 0.455 e. The Labute approximate surface area is 152 Å². The molecule has 4 nitrogen and oxygen atoms in total. The average Bonchev–Trinajstić information content (AvgIpc) is 2.63. The number of carbonyl (C=O) groups is 2. The maximum Gasteiger partial charge on any atom is 0.344 e. The van der Waals surface area contributed by atoms with E-state index in [2.05, 4.69) is 12.6 Å². The smallest absolute Gasteiger partial charge is 0.344 e. The van der Waals surface area contributed by atoms with Gasteiger partial charge in [-0.1, -0.05) is 55.1 Å². The first-order valence-corrected chi connectivity index (χ1v) is 8.40. The van der Waals surface area contributed by atoms with Crippen molar-refractivity contribution in [2.45, 2.75) is 20.0 Å². The molecule has 132 valence electrons. The molecule has 3 rings (SSSR count). The molecule has 3 aromatic carbocycles. The van der Waals surface area contributed by atoms with Gasteiger partial charge in [0.05, 0.1) is 0 Å². The summed E-state index contributed by atoms with van der Waals surface area (Å²) in [5.41, 5.74) is 1.18. The Morgan fingerprint density at radius 3 is 2.08 bits per heavy atom. The molecule has 0 bridgehead atoms. The molecule has 0 radical (unpaired) electrons. The quantitative estimate of drug-likeness (QED) is 0.380. The zero-order chi connectivity index (χ0) is 18.7. The first-order chi connectivity index (χ1) is 12.5. The molecule has 0 saturated carbocycles. The maximum atomic E-state index is 12.1. The topological polar surface area (TPSA) is 52.6 Å². The summed E-state index contributed by atoms with van der Waals surface area (Å²) in [5, 5.41) is 4.23. The molecule has 0 aliphatic carbocycles. The molecule has 0 saturated heterocycles. The normalized spacial score (nSPS) is 11.9. The van der Waals surface area contributed by atoms with E-state index in [1.807, 2.05) is 55.5 Å². The number of carbonyl (C=O) groups excluding carboxylic acids is 2. The third-order valence-corrected chi connectivity index (χ3v) is 4.20. The molecule has 0 spiro atoms. The van der Waals surface area contributed by atoms with E-state index in [0.29, 0.717) is 0 Å². The molecular weight excluding hydrogens is 328 g/mol. The first kappa shape index (κ1) is 17.7. The van der Waals surface area contributed by atoms with Crippen molar-refractivity contribution in [2.24, 2.45) is 0 Å². The van der Waals surface area contributed by atoms with E-state index in [0.717, 1.165) is 27.1 Å². The summed E-state index contributed by atoms with van der Waals surface area (Å²) in [6, 6.07) is 18.1. The third-order valence-electron chi connectivity index (χ3n) is 4.20. The van der Waals surface area contributed by atoms with Crippen molar-refractivity contribution in [2.75, 3.05) is 6.61 Å². The number of esters is 2. The second-order valence-corrected chi connectivity index (χ2v) is 6.22. The van der Waals surface area contributed by atoms with Crippen molar-refractivity contribution >= 4 is 33.5 Å². The molecule has 1 atom stereocenters. The van der Waals surface area contributed by atoms with Crippen LogP contribution in [0.5, 0.6) is 0 Å². The van der Waals surface area contributed by atoms with Crippen molar-refractivity contribution in [1.29, 1.82) is 0 Å². The fraction of sp³-hybridized carbons (Fsp3) is 0.182. The molecule has 0 N–H and O–H groups in total. The molecule has 0 aliphatic rings. The zero-order valence-corrected chi connectivity index (χ0v) is 14.8. The van der Waals surface area contributed by atoms with Gasteiger partial charge in [-0.15, -0.1) is 0 Å². The Morgan fingerprint density at radius 2 is 1.54 bits per heavy atom. The van der Waals surface area contributed by atoms with Gasteiger partial charge in [0.2, 0.25) is 0 Å². The number of benzene rings is 3. The van der Waals surface area contributed by atoms with Gasteiger partial charge in [-0.25, -0.2) is 9.59 Å². The Morgan fingerprint density at radius 1 is 1.00 bits per heavy atom. The molecular formula is C22H20O4. The number of hydrogen-bond acceptors (Lipinski definition) is 4. The fourth-order valence-corrected chi connectivity index (χ4v) is 3.02. The van der Waals surface area contributed by atoms with Crippen LogP contribution in [0.1, 0.15) is 25.5 Å². The van der Waals surface area contributed by atoms with Gasteiger partial charge >= 0.3 is 11.9 Å². The average molecular weight is 348 g/mol. The lowest BCUT2D eigenvalue weighted by atomic mass is 9.94. The lowest BCUT2D eigenvalue weighted by Crippen LogP contribution is -2.18. The van der Waals surface area contributed by atoms with Crippen LogP contribution in [0.4, 0.5) is 0 Å². The minimum atomic E-state index is -0.606. The van der Waals surface area contributed by atoms with Gasteiger partial charge in [-0.2, -0.15) is 0 Å². The molecule has 1 unspecified atom stereocenters. The van der Waals surface area contributed by atoms with Gasteiger partial charge in [0.1, 0.15) is 6.10 Å². The van der Waals surface area contributed by atoms with Crippen molar-refractivity contribution in [3.63, 3.8) is 0 Å². The summed E-state index contributed by atoms with van der Waals surface area (Å²) in [6.45, 7) is 6.40. The van der Waals surface area contributed by atoms with E-state index in [4.69, 9.17) is 9.47 Å². The van der Waals surface area contributed by atoms with Crippen LogP contribution >= 0.6 is 0 Å². The lowest BCUT2D eigenvalue weighted by Gasteiger charge is -2.18. The molecule has 3 aromatic rings. The van der Waals surface area contributed by atoms with Crippen molar-refractivity contribution in [1.82, 2.24) is 0 Å². The summed E-state index contributed by atoms with van der Waals surface area (Å²) in [4.78, 5) is 23.5. The summed E-state index contributed by atoms with van der Waals surface area (Å²) in [5.74, 6) is -1.20. The van der Waals surface area contributed by atoms with Crippen LogP contribution in [0, 0.1) is 0 Å². The van der Waals surface area contributed by atoms with E-state index in [-0.39, 0.29) is 5.57 Å². The van der Waals surface area contributed by atoms with Crippen LogP contribution in [0.2, 0.25) is 0 Å². The maximum absolute atomic E-state index is 12.1. The fourth-order valence-electron chi connectivity index (χ4n) is 3.02. The highest BCUT2D eigenvalue weighted by atomic mass is 16.6. The highest BCUT2D eigenvalue weighted by Gasteiger charge is 2.18. The van der Waals surface area contributed by atoms with E-state index in [1.54, 1.807) is 0 Å². The Balaban J connectivity index is 1.91. The van der Waals surface area contributed by atoms with Crippen molar-refractivity contribution in [3.8, 4) is 0 Å². The summed E-state index contributed by atoms with van der Waals surface area (Å²) in [6.07, 6.45) is -0.484. The second-order valence-electron chi connectivity index (χ2n) is 6.22. The van der Waals surface area contributed by atoms with E-state index in [1.165, 1.54) is 6.92 Å². The number of rotatable bonds is 5. The number of hydrogen-bond donors (Lipinski definition) is 0.